The Morgan fingerprint density at radius 2 is 1.90 bits per heavy atom. The third-order valence-corrected chi connectivity index (χ3v) is 1.50. The molecule has 0 saturated carbocycles. The third kappa shape index (κ3) is 6.05. The summed E-state index contributed by atoms with van der Waals surface area (Å²) in [6.07, 6.45) is 0.903. The summed E-state index contributed by atoms with van der Waals surface area (Å²) >= 11 is 0. The van der Waals surface area contributed by atoms with E-state index in [0.717, 1.165) is 13.0 Å². The Bertz CT molecular complexity index is 73.7. The van der Waals surface area contributed by atoms with Gasteiger partial charge >= 0.3 is 0 Å². The van der Waals surface area contributed by atoms with E-state index in [1.165, 1.54) is 0 Å². The van der Waals surface area contributed by atoms with E-state index >= 15 is 0 Å². The fraction of sp³-hybridized carbons (Fsp3) is 1.00. The zero-order chi connectivity index (χ0) is 7.98. The van der Waals surface area contributed by atoms with Crippen LogP contribution in [0.3, 0.4) is 0 Å². The van der Waals surface area contributed by atoms with Crippen LogP contribution in [0.4, 0.5) is 0 Å². The van der Waals surface area contributed by atoms with Crippen LogP contribution in [0, 0.1) is 5.92 Å². The highest BCUT2D eigenvalue weighted by molar-refractivity contribution is 4.58. The maximum absolute atomic E-state index is 8.57. The van der Waals surface area contributed by atoms with Gasteiger partial charge in [0.15, 0.2) is 0 Å². The van der Waals surface area contributed by atoms with Crippen molar-refractivity contribution in [2.24, 2.45) is 5.92 Å². The zero-order valence-corrected chi connectivity index (χ0v) is 7.22. The predicted octanol–water partition coefficient (Wildman–Crippen LogP) is 1.00. The molecule has 62 valence electrons. The van der Waals surface area contributed by atoms with Gasteiger partial charge in [-0.3, -0.25) is 0 Å². The molecule has 0 saturated heterocycles. The normalized spacial score (nSPS) is 14.1. The summed E-state index contributed by atoms with van der Waals surface area (Å²) in [7, 11) is 0. The molecule has 0 aliphatic rings. The molecular weight excluding hydrogens is 126 g/mol. The van der Waals surface area contributed by atoms with Crippen LogP contribution < -0.4 is 5.32 Å². The van der Waals surface area contributed by atoms with Crippen molar-refractivity contribution in [3.8, 4) is 0 Å². The number of aliphatic hydroxyl groups is 1. The average Bonchev–Trinajstić information content (AvgIpc) is 1.85. The number of rotatable bonds is 5. The molecule has 2 nitrogen and oxygen atoms in total. The van der Waals surface area contributed by atoms with Gasteiger partial charge in [0.05, 0.1) is 0 Å². The molecule has 0 radical (unpaired) electrons. The van der Waals surface area contributed by atoms with Gasteiger partial charge in [-0.15, -0.1) is 0 Å². The van der Waals surface area contributed by atoms with Gasteiger partial charge in [-0.2, -0.15) is 0 Å². The summed E-state index contributed by atoms with van der Waals surface area (Å²) < 4.78 is 0. The van der Waals surface area contributed by atoms with Crippen molar-refractivity contribution in [1.82, 2.24) is 5.32 Å². The summed E-state index contributed by atoms with van der Waals surface area (Å²) in [5.41, 5.74) is 0. The Balaban J connectivity index is 3.12. The van der Waals surface area contributed by atoms with Crippen LogP contribution in [0.25, 0.3) is 0 Å². The minimum atomic E-state index is 0.306. The van der Waals surface area contributed by atoms with Crippen molar-refractivity contribution < 1.29 is 5.11 Å². The average molecular weight is 145 g/mol. The number of nitrogens with one attached hydrogen (secondary N) is 1. The maximum Gasteiger partial charge on any atom is 0.0434 e. The first-order valence-electron chi connectivity index (χ1n) is 4.01. The Kier molecular flexibility index (Phi) is 5.64. The summed E-state index contributed by atoms with van der Waals surface area (Å²) in [5, 5.41) is 11.9. The van der Waals surface area contributed by atoms with E-state index in [4.69, 9.17) is 5.11 Å². The van der Waals surface area contributed by atoms with Crippen LogP contribution in [-0.2, 0) is 0 Å². The highest BCUT2D eigenvalue weighted by Gasteiger charge is 2.00. The zero-order valence-electron chi connectivity index (χ0n) is 7.22. The molecule has 0 aromatic rings. The van der Waals surface area contributed by atoms with Gasteiger partial charge in [-0.05, 0) is 18.9 Å². The van der Waals surface area contributed by atoms with Crippen molar-refractivity contribution in [2.45, 2.75) is 33.2 Å². The van der Waals surface area contributed by atoms with Crippen LogP contribution in [0.15, 0.2) is 0 Å². The van der Waals surface area contributed by atoms with Crippen LogP contribution in [-0.4, -0.2) is 24.3 Å². The Morgan fingerprint density at radius 3 is 2.30 bits per heavy atom. The summed E-state index contributed by atoms with van der Waals surface area (Å²) in [4.78, 5) is 0. The second-order valence-corrected chi connectivity index (χ2v) is 3.18. The molecule has 0 fully saturated rings. The second kappa shape index (κ2) is 5.69. The molecule has 0 heterocycles. The van der Waals surface area contributed by atoms with E-state index in [1.807, 2.05) is 0 Å². The Morgan fingerprint density at radius 1 is 1.30 bits per heavy atom. The molecule has 0 aromatic carbocycles. The van der Waals surface area contributed by atoms with E-state index < -0.39 is 0 Å². The van der Waals surface area contributed by atoms with E-state index in [0.29, 0.717) is 18.6 Å². The molecule has 0 spiro atoms. The molecule has 0 bridgehead atoms. The van der Waals surface area contributed by atoms with E-state index in [9.17, 15) is 0 Å². The van der Waals surface area contributed by atoms with Gasteiger partial charge in [0.25, 0.3) is 0 Å². The molecule has 1 unspecified atom stereocenters. The van der Waals surface area contributed by atoms with Crippen molar-refractivity contribution in [3.63, 3.8) is 0 Å². The molecule has 0 aliphatic heterocycles. The first kappa shape index (κ1) is 9.92. The quantitative estimate of drug-likeness (QED) is 0.605. The predicted molar refractivity (Wildman–Crippen MR) is 44.0 cm³/mol. The largest absolute Gasteiger partial charge is 0.396 e. The molecular formula is C8H19NO. The van der Waals surface area contributed by atoms with Crippen molar-refractivity contribution in [2.75, 3.05) is 13.2 Å². The SMILES string of the molecule is CC(CCO)CNC(C)C. The van der Waals surface area contributed by atoms with Gasteiger partial charge in [-0.25, -0.2) is 0 Å². The lowest BCUT2D eigenvalue weighted by molar-refractivity contribution is 0.258. The Hall–Kier alpha value is -0.0800. The summed E-state index contributed by atoms with van der Waals surface area (Å²) in [6, 6.07) is 0.557. The topological polar surface area (TPSA) is 32.3 Å². The standard InChI is InChI=1S/C8H19NO/c1-7(2)9-6-8(3)4-5-10/h7-10H,4-6H2,1-3H3. The second-order valence-electron chi connectivity index (χ2n) is 3.18. The lowest BCUT2D eigenvalue weighted by Gasteiger charge is -2.12. The van der Waals surface area contributed by atoms with Crippen molar-refractivity contribution in [1.29, 1.82) is 0 Å². The first-order valence-corrected chi connectivity index (χ1v) is 4.01. The van der Waals surface area contributed by atoms with E-state index in [2.05, 4.69) is 26.1 Å². The van der Waals surface area contributed by atoms with Crippen LogP contribution >= 0.6 is 0 Å². The molecule has 10 heavy (non-hydrogen) atoms. The number of hydrogen-bond acceptors (Lipinski definition) is 2. The van der Waals surface area contributed by atoms with Crippen molar-refractivity contribution in [3.05, 3.63) is 0 Å². The maximum atomic E-state index is 8.57. The molecule has 0 amide bonds. The smallest absolute Gasteiger partial charge is 0.0434 e. The number of aliphatic hydroxyl groups excluding tert-OH is 1. The third-order valence-electron chi connectivity index (χ3n) is 1.50. The van der Waals surface area contributed by atoms with Crippen LogP contribution in [0.5, 0.6) is 0 Å². The summed E-state index contributed by atoms with van der Waals surface area (Å²) in [6.45, 7) is 7.72. The fourth-order valence-corrected chi connectivity index (χ4v) is 0.759. The highest BCUT2D eigenvalue weighted by atomic mass is 16.3. The first-order chi connectivity index (χ1) is 4.66. The molecule has 2 heteroatoms. The lowest BCUT2D eigenvalue weighted by atomic mass is 10.1. The fourth-order valence-electron chi connectivity index (χ4n) is 0.759. The van der Waals surface area contributed by atoms with Gasteiger partial charge in [0.2, 0.25) is 0 Å². The van der Waals surface area contributed by atoms with Crippen molar-refractivity contribution >= 4 is 0 Å². The Labute approximate surface area is 63.6 Å². The summed E-state index contributed by atoms with van der Waals surface area (Å²) in [5.74, 6) is 0.590. The van der Waals surface area contributed by atoms with Gasteiger partial charge in [0, 0.05) is 12.6 Å². The van der Waals surface area contributed by atoms with Crippen LogP contribution in [0.2, 0.25) is 0 Å². The molecule has 0 rings (SSSR count). The van der Waals surface area contributed by atoms with Gasteiger partial charge < -0.3 is 10.4 Å². The minimum Gasteiger partial charge on any atom is -0.396 e. The highest BCUT2D eigenvalue weighted by Crippen LogP contribution is 1.98. The van der Waals surface area contributed by atoms with Gasteiger partial charge in [-0.1, -0.05) is 20.8 Å². The molecule has 2 N–H and O–H groups in total. The van der Waals surface area contributed by atoms with E-state index in [-0.39, 0.29) is 0 Å². The molecule has 0 aromatic heterocycles. The van der Waals surface area contributed by atoms with Gasteiger partial charge in [0.1, 0.15) is 0 Å². The molecule has 0 aliphatic carbocycles. The van der Waals surface area contributed by atoms with Crippen LogP contribution in [0.1, 0.15) is 27.2 Å². The number of hydrogen-bond donors (Lipinski definition) is 2. The molecule has 1 atom stereocenters. The lowest BCUT2D eigenvalue weighted by Crippen LogP contribution is -2.28. The monoisotopic (exact) mass is 145 g/mol. The van der Waals surface area contributed by atoms with E-state index in [1.54, 1.807) is 0 Å². The minimum absolute atomic E-state index is 0.306.